The number of carbonyl (C=O) groups is 1. The number of fused-ring (bicyclic) bond motifs is 3. The van der Waals surface area contributed by atoms with Crippen LogP contribution >= 0.6 is 0 Å². The zero-order chi connectivity index (χ0) is 19.4. The Labute approximate surface area is 161 Å². The Morgan fingerprint density at radius 3 is 2.21 bits per heavy atom. The highest BCUT2D eigenvalue weighted by molar-refractivity contribution is 5.78. The first kappa shape index (κ1) is 17.2. The third-order valence-electron chi connectivity index (χ3n) is 5.88. The predicted molar refractivity (Wildman–Crippen MR) is 96.9 cm³/mol. The summed E-state index contributed by atoms with van der Waals surface area (Å²) in [4.78, 5) is 12.6. The Hall–Kier alpha value is -2.93. The summed E-state index contributed by atoms with van der Waals surface area (Å²) in [6, 6.07) is 9.24. The zero-order valence-electron chi connectivity index (χ0n) is 15.5. The first-order valence-corrected chi connectivity index (χ1v) is 9.12. The molecule has 0 bridgehead atoms. The van der Waals surface area contributed by atoms with Crippen molar-refractivity contribution in [1.82, 2.24) is 0 Å². The van der Waals surface area contributed by atoms with Crippen LogP contribution in [0, 0.1) is 11.8 Å². The molecule has 3 aliphatic rings. The number of hydrogen-bond acceptors (Lipinski definition) is 7. The van der Waals surface area contributed by atoms with E-state index in [1.165, 1.54) is 0 Å². The van der Waals surface area contributed by atoms with Crippen LogP contribution in [0.25, 0.3) is 0 Å². The van der Waals surface area contributed by atoms with E-state index >= 15 is 0 Å². The summed E-state index contributed by atoms with van der Waals surface area (Å²) in [5, 5.41) is 11.0. The van der Waals surface area contributed by atoms with Gasteiger partial charge < -0.3 is 28.8 Å². The number of cyclic esters (lactones) is 1. The Morgan fingerprint density at radius 1 is 0.929 bits per heavy atom. The van der Waals surface area contributed by atoms with Crippen LogP contribution in [0.5, 0.6) is 23.0 Å². The average Bonchev–Trinajstić information content (AvgIpc) is 3.33. The van der Waals surface area contributed by atoms with Gasteiger partial charge in [0.25, 0.3) is 0 Å². The number of methoxy groups -OCH3 is 2. The summed E-state index contributed by atoms with van der Waals surface area (Å²) < 4.78 is 27.2. The quantitative estimate of drug-likeness (QED) is 0.814. The van der Waals surface area contributed by atoms with Gasteiger partial charge in [0.15, 0.2) is 11.5 Å². The first-order chi connectivity index (χ1) is 13.6. The molecule has 2 aromatic carbocycles. The number of rotatable bonds is 3. The lowest BCUT2D eigenvalue weighted by molar-refractivity contribution is -0.141. The van der Waals surface area contributed by atoms with Crippen LogP contribution in [0.4, 0.5) is 0 Å². The topological polar surface area (TPSA) is 83.5 Å². The molecule has 5 rings (SSSR count). The van der Waals surface area contributed by atoms with Crippen LogP contribution in [0.1, 0.15) is 28.7 Å². The van der Waals surface area contributed by atoms with Gasteiger partial charge in [-0.25, -0.2) is 0 Å². The molecule has 7 nitrogen and oxygen atoms in total. The van der Waals surface area contributed by atoms with Gasteiger partial charge >= 0.3 is 5.97 Å². The van der Waals surface area contributed by atoms with Gasteiger partial charge in [-0.05, 0) is 41.0 Å². The summed E-state index contributed by atoms with van der Waals surface area (Å²) in [7, 11) is 3.17. The third-order valence-corrected chi connectivity index (χ3v) is 5.88. The van der Waals surface area contributed by atoms with E-state index < -0.39 is 12.0 Å². The second-order valence-corrected chi connectivity index (χ2v) is 7.22. The van der Waals surface area contributed by atoms with Crippen molar-refractivity contribution in [3.8, 4) is 23.0 Å². The summed E-state index contributed by atoms with van der Waals surface area (Å²) in [6.45, 7) is 0.330. The predicted octanol–water partition coefficient (Wildman–Crippen LogP) is 2.40. The van der Waals surface area contributed by atoms with E-state index in [2.05, 4.69) is 0 Å². The van der Waals surface area contributed by atoms with Crippen molar-refractivity contribution in [3.05, 3.63) is 47.0 Å². The van der Waals surface area contributed by atoms with Gasteiger partial charge in [-0.1, -0.05) is 0 Å². The van der Waals surface area contributed by atoms with Crippen LogP contribution in [-0.2, 0) is 9.53 Å². The molecular formula is C21H20O7. The number of hydrogen-bond donors (Lipinski definition) is 1. The molecule has 4 atom stereocenters. The van der Waals surface area contributed by atoms with E-state index in [1.54, 1.807) is 20.3 Å². The van der Waals surface area contributed by atoms with Crippen molar-refractivity contribution in [1.29, 1.82) is 0 Å². The third kappa shape index (κ3) is 2.43. The Kier molecular flexibility index (Phi) is 3.87. The molecule has 0 aromatic heterocycles. The summed E-state index contributed by atoms with van der Waals surface area (Å²) in [5.41, 5.74) is 2.42. The van der Waals surface area contributed by atoms with E-state index in [-0.39, 0.29) is 31.2 Å². The lowest BCUT2D eigenvalue weighted by Crippen LogP contribution is -2.34. The average molecular weight is 384 g/mol. The molecule has 0 saturated carbocycles. The minimum Gasteiger partial charge on any atom is -0.497 e. The molecule has 7 heteroatoms. The van der Waals surface area contributed by atoms with Gasteiger partial charge in [0, 0.05) is 17.9 Å². The molecule has 2 aliphatic heterocycles. The van der Waals surface area contributed by atoms with Crippen LogP contribution in [0.15, 0.2) is 30.3 Å². The van der Waals surface area contributed by atoms with E-state index in [0.29, 0.717) is 23.0 Å². The number of esters is 1. The van der Waals surface area contributed by atoms with Crippen LogP contribution in [0.3, 0.4) is 0 Å². The molecule has 1 fully saturated rings. The van der Waals surface area contributed by atoms with Crippen molar-refractivity contribution >= 4 is 5.97 Å². The summed E-state index contributed by atoms with van der Waals surface area (Å²) in [5.74, 6) is 1.01. The second kappa shape index (κ2) is 6.31. The molecule has 0 radical (unpaired) electrons. The van der Waals surface area contributed by atoms with Crippen LogP contribution in [-0.4, -0.2) is 38.7 Å². The number of benzene rings is 2. The molecule has 28 heavy (non-hydrogen) atoms. The van der Waals surface area contributed by atoms with Crippen molar-refractivity contribution in [2.75, 3.05) is 27.6 Å². The van der Waals surface area contributed by atoms with E-state index in [0.717, 1.165) is 16.7 Å². The molecular weight excluding hydrogens is 364 g/mol. The van der Waals surface area contributed by atoms with Gasteiger partial charge in [0.2, 0.25) is 6.79 Å². The standard InChI is InChI=1S/C21H20O7/c1-24-11-3-10(4-12(5-11)25-2)18-13-6-16-17(28-9-27-16)7-14(13)20(22)15-8-26-21(23)19(15)18/h3-7,15,18-20,22H,8-9H2,1-2H3/t15-,18?,19+,20?/m0/s1. The van der Waals surface area contributed by atoms with Gasteiger partial charge in [-0.15, -0.1) is 0 Å². The minimum absolute atomic E-state index is 0.140. The second-order valence-electron chi connectivity index (χ2n) is 7.22. The van der Waals surface area contributed by atoms with E-state index in [4.69, 9.17) is 23.7 Å². The molecule has 1 N–H and O–H groups in total. The first-order valence-electron chi connectivity index (χ1n) is 9.12. The van der Waals surface area contributed by atoms with E-state index in [9.17, 15) is 9.90 Å². The molecule has 2 heterocycles. The maximum Gasteiger partial charge on any atom is 0.310 e. The minimum atomic E-state index is -0.815. The Bertz CT molecular complexity index is 932. The molecule has 1 aliphatic carbocycles. The molecule has 2 aromatic rings. The summed E-state index contributed by atoms with van der Waals surface area (Å²) in [6.07, 6.45) is -0.815. The number of aliphatic hydroxyl groups excluding tert-OH is 1. The molecule has 2 unspecified atom stereocenters. The number of ether oxygens (including phenoxy) is 5. The normalized spacial score (nSPS) is 27.0. The molecule has 0 spiro atoms. The zero-order valence-corrected chi connectivity index (χ0v) is 15.5. The highest BCUT2D eigenvalue weighted by Gasteiger charge is 2.52. The van der Waals surface area contributed by atoms with Crippen molar-refractivity contribution in [3.63, 3.8) is 0 Å². The smallest absolute Gasteiger partial charge is 0.310 e. The van der Waals surface area contributed by atoms with Crippen molar-refractivity contribution in [2.45, 2.75) is 12.0 Å². The number of carbonyl (C=O) groups excluding carboxylic acids is 1. The number of aliphatic hydroxyl groups is 1. The van der Waals surface area contributed by atoms with E-state index in [1.807, 2.05) is 24.3 Å². The lowest BCUT2D eigenvalue weighted by atomic mass is 9.66. The van der Waals surface area contributed by atoms with Crippen LogP contribution < -0.4 is 18.9 Å². The fraction of sp³-hybridized carbons (Fsp3) is 0.381. The molecule has 0 amide bonds. The largest absolute Gasteiger partial charge is 0.497 e. The summed E-state index contributed by atoms with van der Waals surface area (Å²) >= 11 is 0. The highest BCUT2D eigenvalue weighted by Crippen LogP contribution is 2.54. The Balaban J connectivity index is 1.73. The van der Waals surface area contributed by atoms with Gasteiger partial charge in [0.05, 0.1) is 32.8 Å². The SMILES string of the molecule is COc1cc(OC)cc(C2c3cc4c(cc3C(O)[C@H]3COC(=O)[C@@H]23)OCO4)c1. The fourth-order valence-corrected chi connectivity index (χ4v) is 4.54. The van der Waals surface area contributed by atoms with Crippen molar-refractivity contribution in [2.24, 2.45) is 11.8 Å². The fourth-order valence-electron chi connectivity index (χ4n) is 4.54. The van der Waals surface area contributed by atoms with Crippen molar-refractivity contribution < 1.29 is 33.6 Å². The molecule has 1 saturated heterocycles. The highest BCUT2D eigenvalue weighted by atomic mass is 16.7. The monoisotopic (exact) mass is 384 g/mol. The van der Waals surface area contributed by atoms with Gasteiger partial charge in [-0.3, -0.25) is 4.79 Å². The maximum absolute atomic E-state index is 12.6. The van der Waals surface area contributed by atoms with Crippen LogP contribution in [0.2, 0.25) is 0 Å². The van der Waals surface area contributed by atoms with Gasteiger partial charge in [-0.2, -0.15) is 0 Å². The molecule has 146 valence electrons. The lowest BCUT2D eigenvalue weighted by Gasteiger charge is -2.36. The van der Waals surface area contributed by atoms with Gasteiger partial charge in [0.1, 0.15) is 11.5 Å². The maximum atomic E-state index is 12.6. The Morgan fingerprint density at radius 2 is 1.57 bits per heavy atom.